The Morgan fingerprint density at radius 2 is 2.31 bits per heavy atom. The first kappa shape index (κ1) is 11.0. The van der Waals surface area contributed by atoms with E-state index in [0.717, 1.165) is 10.2 Å². The lowest BCUT2D eigenvalue weighted by molar-refractivity contribution is 0.687. The molecule has 1 aromatic rings. The van der Waals surface area contributed by atoms with Gasteiger partial charge in [0.1, 0.15) is 11.0 Å². The van der Waals surface area contributed by atoms with E-state index in [4.69, 9.17) is 11.6 Å². The number of nitrogens with one attached hydrogen (secondary N) is 1. The van der Waals surface area contributed by atoms with Gasteiger partial charge >= 0.3 is 0 Å². The van der Waals surface area contributed by atoms with Crippen molar-refractivity contribution in [2.45, 2.75) is 6.92 Å². The molecule has 72 valence electrons. The fourth-order valence-electron chi connectivity index (χ4n) is 0.767. The van der Waals surface area contributed by atoms with Gasteiger partial charge in [-0.3, -0.25) is 0 Å². The molecule has 0 aromatic heterocycles. The van der Waals surface area contributed by atoms with Crippen molar-refractivity contribution in [1.82, 2.24) is 0 Å². The molecule has 0 amide bonds. The first-order valence-corrected chi connectivity index (χ1v) is 6.22. The molecular formula is C8H9BrClNOS. The minimum atomic E-state index is -1.02. The number of anilines is 1. The van der Waals surface area contributed by atoms with Crippen LogP contribution in [0.4, 0.5) is 5.69 Å². The molecule has 0 aliphatic heterocycles. The van der Waals surface area contributed by atoms with Gasteiger partial charge in [0.25, 0.3) is 0 Å². The molecule has 0 heterocycles. The molecule has 0 spiro atoms. The van der Waals surface area contributed by atoms with Gasteiger partial charge in [0.05, 0.1) is 5.69 Å². The highest BCUT2D eigenvalue weighted by Crippen LogP contribution is 2.26. The van der Waals surface area contributed by atoms with E-state index in [0.29, 0.717) is 10.8 Å². The van der Waals surface area contributed by atoms with Crippen LogP contribution in [-0.2, 0) is 11.0 Å². The lowest BCUT2D eigenvalue weighted by Crippen LogP contribution is -2.06. The van der Waals surface area contributed by atoms with E-state index in [2.05, 4.69) is 20.7 Å². The van der Waals surface area contributed by atoms with Gasteiger partial charge < -0.3 is 4.72 Å². The minimum Gasteiger partial charge on any atom is -0.304 e. The Hall–Kier alpha value is -0.0600. The topological polar surface area (TPSA) is 29.1 Å². The van der Waals surface area contributed by atoms with Crippen LogP contribution in [0.3, 0.4) is 0 Å². The second-order valence-electron chi connectivity index (χ2n) is 2.36. The normalized spacial score (nSPS) is 12.5. The molecule has 13 heavy (non-hydrogen) atoms. The Bertz CT molecular complexity index is 332. The first-order chi connectivity index (χ1) is 6.13. The second kappa shape index (κ2) is 4.98. The zero-order chi connectivity index (χ0) is 9.84. The summed E-state index contributed by atoms with van der Waals surface area (Å²) in [6.45, 7) is 1.85. The summed E-state index contributed by atoms with van der Waals surface area (Å²) in [7, 11) is -1.02. The quantitative estimate of drug-likeness (QED) is 0.906. The van der Waals surface area contributed by atoms with E-state index in [1.54, 1.807) is 18.2 Å². The monoisotopic (exact) mass is 281 g/mol. The lowest BCUT2D eigenvalue weighted by Gasteiger charge is -2.06. The molecule has 1 aromatic carbocycles. The van der Waals surface area contributed by atoms with Crippen LogP contribution >= 0.6 is 27.5 Å². The van der Waals surface area contributed by atoms with Gasteiger partial charge in [-0.25, -0.2) is 4.21 Å². The van der Waals surface area contributed by atoms with Gasteiger partial charge in [0.15, 0.2) is 0 Å². The predicted octanol–water partition coefficient (Wildman–Crippen LogP) is 3.20. The third-order valence-corrected chi connectivity index (χ3v) is 3.28. The molecule has 1 atom stereocenters. The smallest absolute Gasteiger partial charge is 0.116 e. The summed E-state index contributed by atoms with van der Waals surface area (Å²) < 4.78 is 14.8. The van der Waals surface area contributed by atoms with E-state index in [9.17, 15) is 4.21 Å². The van der Waals surface area contributed by atoms with Crippen molar-refractivity contribution in [3.8, 4) is 0 Å². The third kappa shape index (κ3) is 3.29. The van der Waals surface area contributed by atoms with Crippen molar-refractivity contribution < 1.29 is 4.21 Å². The van der Waals surface area contributed by atoms with Gasteiger partial charge in [-0.15, -0.1) is 0 Å². The number of rotatable bonds is 3. The molecule has 1 rings (SSSR count). The molecule has 1 N–H and O–H groups in total. The second-order valence-corrected chi connectivity index (χ2v) is 5.12. The Morgan fingerprint density at radius 3 is 2.85 bits per heavy atom. The number of hydrogen-bond donors (Lipinski definition) is 1. The maximum absolute atomic E-state index is 11.2. The lowest BCUT2D eigenvalue weighted by atomic mass is 10.3. The van der Waals surface area contributed by atoms with Crippen molar-refractivity contribution in [3.05, 3.63) is 27.7 Å². The van der Waals surface area contributed by atoms with Crippen molar-refractivity contribution in [3.63, 3.8) is 0 Å². The summed E-state index contributed by atoms with van der Waals surface area (Å²) in [6.07, 6.45) is 0. The van der Waals surface area contributed by atoms with Crippen LogP contribution in [0.25, 0.3) is 0 Å². The fourth-order valence-corrected chi connectivity index (χ4v) is 2.25. The molecule has 0 aliphatic rings. The predicted molar refractivity (Wildman–Crippen MR) is 61.5 cm³/mol. The maximum atomic E-state index is 11.2. The highest BCUT2D eigenvalue weighted by atomic mass is 79.9. The molecule has 0 saturated heterocycles. The van der Waals surface area contributed by atoms with E-state index in [1.165, 1.54) is 0 Å². The van der Waals surface area contributed by atoms with Crippen LogP contribution in [0.5, 0.6) is 0 Å². The summed E-state index contributed by atoms with van der Waals surface area (Å²) in [4.78, 5) is 0. The Labute approximate surface area is 93.4 Å². The summed E-state index contributed by atoms with van der Waals surface area (Å²) in [5.74, 6) is 0.578. The highest BCUT2D eigenvalue weighted by molar-refractivity contribution is 9.10. The number of benzene rings is 1. The van der Waals surface area contributed by atoms with Crippen LogP contribution in [0, 0.1) is 0 Å². The Balaban J connectivity index is 2.83. The summed E-state index contributed by atoms with van der Waals surface area (Å²) >= 11 is 9.08. The molecule has 1 unspecified atom stereocenters. The molecule has 0 aliphatic carbocycles. The molecular weight excluding hydrogens is 274 g/mol. The van der Waals surface area contributed by atoms with Crippen molar-refractivity contribution in [2.75, 3.05) is 10.5 Å². The number of halogens is 2. The fraction of sp³-hybridized carbons (Fsp3) is 0.250. The van der Waals surface area contributed by atoms with Crippen LogP contribution in [-0.4, -0.2) is 9.96 Å². The standard InChI is InChI=1S/C8H9BrClNOS/c1-2-13(12)11-8-4-3-6(10)5-7(8)9/h3-5,11H,2H2,1H3. The molecule has 2 nitrogen and oxygen atoms in total. The van der Waals surface area contributed by atoms with Crippen LogP contribution in [0.15, 0.2) is 22.7 Å². The van der Waals surface area contributed by atoms with Crippen LogP contribution in [0.1, 0.15) is 6.92 Å². The molecule has 0 radical (unpaired) electrons. The third-order valence-electron chi connectivity index (χ3n) is 1.42. The van der Waals surface area contributed by atoms with Gasteiger partial charge in [-0.1, -0.05) is 18.5 Å². The molecule has 0 bridgehead atoms. The maximum Gasteiger partial charge on any atom is 0.116 e. The van der Waals surface area contributed by atoms with Crippen molar-refractivity contribution >= 4 is 44.2 Å². The van der Waals surface area contributed by atoms with Crippen molar-refractivity contribution in [2.24, 2.45) is 0 Å². The van der Waals surface area contributed by atoms with E-state index >= 15 is 0 Å². The van der Waals surface area contributed by atoms with Gasteiger partial charge in [-0.05, 0) is 34.1 Å². The Morgan fingerprint density at radius 1 is 1.62 bits per heavy atom. The molecule has 0 fully saturated rings. The number of hydrogen-bond acceptors (Lipinski definition) is 1. The van der Waals surface area contributed by atoms with E-state index in [1.807, 2.05) is 6.92 Å². The van der Waals surface area contributed by atoms with E-state index < -0.39 is 11.0 Å². The molecule has 0 saturated carbocycles. The van der Waals surface area contributed by atoms with E-state index in [-0.39, 0.29) is 0 Å². The highest BCUT2D eigenvalue weighted by Gasteiger charge is 2.02. The average Bonchev–Trinajstić information content (AvgIpc) is 2.09. The van der Waals surface area contributed by atoms with Crippen LogP contribution < -0.4 is 4.72 Å². The van der Waals surface area contributed by atoms with Crippen LogP contribution in [0.2, 0.25) is 5.02 Å². The van der Waals surface area contributed by atoms with Gasteiger partial charge in [-0.2, -0.15) is 0 Å². The average molecular weight is 283 g/mol. The largest absolute Gasteiger partial charge is 0.304 e. The summed E-state index contributed by atoms with van der Waals surface area (Å²) in [5.41, 5.74) is 0.796. The summed E-state index contributed by atoms with van der Waals surface area (Å²) in [5, 5.41) is 0.653. The van der Waals surface area contributed by atoms with Gasteiger partial charge in [0.2, 0.25) is 0 Å². The first-order valence-electron chi connectivity index (χ1n) is 3.73. The summed E-state index contributed by atoms with van der Waals surface area (Å²) in [6, 6.07) is 5.30. The Kier molecular flexibility index (Phi) is 4.22. The SMILES string of the molecule is CCS(=O)Nc1ccc(Cl)cc1Br. The van der Waals surface area contributed by atoms with Crippen molar-refractivity contribution in [1.29, 1.82) is 0 Å². The zero-order valence-corrected chi connectivity index (χ0v) is 10.2. The zero-order valence-electron chi connectivity index (χ0n) is 7.01. The molecule has 5 heteroatoms. The minimum absolute atomic E-state index is 0.578. The van der Waals surface area contributed by atoms with Gasteiger partial charge in [0, 0.05) is 15.2 Å².